The van der Waals surface area contributed by atoms with Crippen molar-refractivity contribution in [2.75, 3.05) is 14.2 Å². The fraction of sp³-hybridized carbons (Fsp3) is 0.455. The van der Waals surface area contributed by atoms with Gasteiger partial charge in [-0.15, -0.1) is 0 Å². The van der Waals surface area contributed by atoms with Gasteiger partial charge in [-0.3, -0.25) is 0 Å². The lowest BCUT2D eigenvalue weighted by molar-refractivity contribution is 0.169. The maximum atomic E-state index is 9.73. The van der Waals surface area contributed by atoms with E-state index in [0.29, 0.717) is 12.2 Å². The zero-order chi connectivity index (χ0) is 10.6. The molecule has 3 heteroatoms. The number of hydrogen-bond donors (Lipinski definition) is 1. The molecule has 14 heavy (non-hydrogen) atoms. The van der Waals surface area contributed by atoms with E-state index in [0.717, 1.165) is 11.3 Å². The Morgan fingerprint density at radius 1 is 1.29 bits per heavy atom. The van der Waals surface area contributed by atoms with Gasteiger partial charge in [-0.1, -0.05) is 6.92 Å². The second kappa shape index (κ2) is 4.86. The minimum atomic E-state index is -0.500. The molecule has 0 aliphatic rings. The van der Waals surface area contributed by atoms with Crippen molar-refractivity contribution >= 4 is 0 Å². The van der Waals surface area contributed by atoms with E-state index in [1.54, 1.807) is 26.4 Å². The van der Waals surface area contributed by atoms with Crippen molar-refractivity contribution in [3.05, 3.63) is 23.8 Å². The fourth-order valence-electron chi connectivity index (χ4n) is 1.32. The molecule has 0 saturated carbocycles. The quantitative estimate of drug-likeness (QED) is 0.801. The SMILES string of the molecule is CCC(O)c1cc(OC)ccc1OC. The average molecular weight is 196 g/mol. The van der Waals surface area contributed by atoms with Crippen molar-refractivity contribution in [1.82, 2.24) is 0 Å². The summed E-state index contributed by atoms with van der Waals surface area (Å²) in [5.41, 5.74) is 0.773. The Bertz CT molecular complexity index is 297. The third-order valence-electron chi connectivity index (χ3n) is 2.18. The van der Waals surface area contributed by atoms with Gasteiger partial charge in [0.05, 0.1) is 20.3 Å². The first kappa shape index (κ1) is 10.9. The van der Waals surface area contributed by atoms with E-state index in [1.807, 2.05) is 13.0 Å². The van der Waals surface area contributed by atoms with Crippen LogP contribution in [0.2, 0.25) is 0 Å². The molecular weight excluding hydrogens is 180 g/mol. The zero-order valence-electron chi connectivity index (χ0n) is 8.78. The first-order valence-corrected chi connectivity index (χ1v) is 4.63. The van der Waals surface area contributed by atoms with Crippen LogP contribution in [0.1, 0.15) is 25.0 Å². The molecular formula is C11H16O3. The van der Waals surface area contributed by atoms with Crippen LogP contribution in [-0.2, 0) is 0 Å². The molecule has 1 atom stereocenters. The molecule has 0 fully saturated rings. The monoisotopic (exact) mass is 196 g/mol. The minimum absolute atomic E-state index is 0.500. The van der Waals surface area contributed by atoms with Gasteiger partial charge in [0.1, 0.15) is 11.5 Å². The number of aliphatic hydroxyl groups is 1. The van der Waals surface area contributed by atoms with E-state index in [1.165, 1.54) is 0 Å². The Morgan fingerprint density at radius 3 is 2.50 bits per heavy atom. The van der Waals surface area contributed by atoms with Crippen molar-refractivity contribution in [1.29, 1.82) is 0 Å². The van der Waals surface area contributed by atoms with Crippen LogP contribution in [0.3, 0.4) is 0 Å². The number of rotatable bonds is 4. The maximum absolute atomic E-state index is 9.73. The Labute approximate surface area is 84.3 Å². The molecule has 0 aromatic heterocycles. The second-order valence-corrected chi connectivity index (χ2v) is 3.03. The van der Waals surface area contributed by atoms with E-state index in [-0.39, 0.29) is 0 Å². The summed E-state index contributed by atoms with van der Waals surface area (Å²) in [6.07, 6.45) is 0.156. The minimum Gasteiger partial charge on any atom is -0.497 e. The average Bonchev–Trinajstić information content (AvgIpc) is 2.27. The van der Waals surface area contributed by atoms with Crippen molar-refractivity contribution in [2.45, 2.75) is 19.4 Å². The molecule has 78 valence electrons. The number of aliphatic hydroxyl groups excluding tert-OH is 1. The van der Waals surface area contributed by atoms with Crippen LogP contribution in [0.4, 0.5) is 0 Å². The number of hydrogen-bond acceptors (Lipinski definition) is 3. The topological polar surface area (TPSA) is 38.7 Å². The summed E-state index contributed by atoms with van der Waals surface area (Å²) in [5, 5.41) is 9.73. The van der Waals surface area contributed by atoms with Crippen LogP contribution in [0, 0.1) is 0 Å². The Balaban J connectivity index is 3.08. The highest BCUT2D eigenvalue weighted by Crippen LogP contribution is 2.30. The summed E-state index contributed by atoms with van der Waals surface area (Å²) < 4.78 is 10.2. The third kappa shape index (κ3) is 2.17. The van der Waals surface area contributed by atoms with Gasteiger partial charge in [0, 0.05) is 5.56 Å². The summed E-state index contributed by atoms with van der Waals surface area (Å²) in [6, 6.07) is 5.41. The molecule has 1 unspecified atom stereocenters. The van der Waals surface area contributed by atoms with Gasteiger partial charge in [0.25, 0.3) is 0 Å². The Kier molecular flexibility index (Phi) is 3.77. The lowest BCUT2D eigenvalue weighted by Crippen LogP contribution is -1.99. The molecule has 0 bridgehead atoms. The van der Waals surface area contributed by atoms with E-state index >= 15 is 0 Å². The lowest BCUT2D eigenvalue weighted by atomic mass is 10.1. The molecule has 0 aliphatic heterocycles. The smallest absolute Gasteiger partial charge is 0.124 e. The predicted octanol–water partition coefficient (Wildman–Crippen LogP) is 2.15. The molecule has 3 nitrogen and oxygen atoms in total. The molecule has 0 saturated heterocycles. The summed E-state index contributed by atoms with van der Waals surface area (Å²) in [4.78, 5) is 0. The summed E-state index contributed by atoms with van der Waals surface area (Å²) >= 11 is 0. The zero-order valence-corrected chi connectivity index (χ0v) is 8.78. The molecule has 0 spiro atoms. The molecule has 1 aromatic carbocycles. The van der Waals surface area contributed by atoms with Gasteiger partial charge >= 0.3 is 0 Å². The van der Waals surface area contributed by atoms with E-state index in [4.69, 9.17) is 9.47 Å². The Hall–Kier alpha value is -1.22. The van der Waals surface area contributed by atoms with Crippen LogP contribution in [0.5, 0.6) is 11.5 Å². The highest BCUT2D eigenvalue weighted by atomic mass is 16.5. The molecule has 1 N–H and O–H groups in total. The van der Waals surface area contributed by atoms with E-state index < -0.39 is 6.10 Å². The largest absolute Gasteiger partial charge is 0.497 e. The predicted molar refractivity (Wildman–Crippen MR) is 54.8 cm³/mol. The molecule has 0 amide bonds. The van der Waals surface area contributed by atoms with Crippen molar-refractivity contribution < 1.29 is 14.6 Å². The summed E-state index contributed by atoms with van der Waals surface area (Å²) in [7, 11) is 3.19. The summed E-state index contributed by atoms with van der Waals surface area (Å²) in [5.74, 6) is 1.42. The molecule has 0 aliphatic carbocycles. The van der Waals surface area contributed by atoms with Crippen LogP contribution in [0.15, 0.2) is 18.2 Å². The highest BCUT2D eigenvalue weighted by molar-refractivity contribution is 5.41. The molecule has 0 heterocycles. The number of methoxy groups -OCH3 is 2. The second-order valence-electron chi connectivity index (χ2n) is 3.03. The van der Waals surface area contributed by atoms with Crippen LogP contribution in [-0.4, -0.2) is 19.3 Å². The van der Waals surface area contributed by atoms with Crippen LogP contribution < -0.4 is 9.47 Å². The van der Waals surface area contributed by atoms with Gasteiger partial charge in [0.2, 0.25) is 0 Å². The van der Waals surface area contributed by atoms with Crippen LogP contribution in [0.25, 0.3) is 0 Å². The van der Waals surface area contributed by atoms with E-state index in [2.05, 4.69) is 0 Å². The van der Waals surface area contributed by atoms with Gasteiger partial charge in [-0.25, -0.2) is 0 Å². The van der Waals surface area contributed by atoms with E-state index in [9.17, 15) is 5.11 Å². The molecule has 1 rings (SSSR count). The van der Waals surface area contributed by atoms with Crippen molar-refractivity contribution in [2.24, 2.45) is 0 Å². The van der Waals surface area contributed by atoms with Gasteiger partial charge in [-0.2, -0.15) is 0 Å². The first-order chi connectivity index (χ1) is 6.72. The molecule has 1 aromatic rings. The van der Waals surface area contributed by atoms with Gasteiger partial charge < -0.3 is 14.6 Å². The normalized spacial score (nSPS) is 12.3. The van der Waals surface area contributed by atoms with Crippen molar-refractivity contribution in [3.8, 4) is 11.5 Å². The summed E-state index contributed by atoms with van der Waals surface area (Å²) in [6.45, 7) is 1.92. The maximum Gasteiger partial charge on any atom is 0.124 e. The first-order valence-electron chi connectivity index (χ1n) is 4.63. The van der Waals surface area contributed by atoms with Crippen molar-refractivity contribution in [3.63, 3.8) is 0 Å². The van der Waals surface area contributed by atoms with Gasteiger partial charge in [-0.05, 0) is 24.6 Å². The third-order valence-corrected chi connectivity index (χ3v) is 2.18. The van der Waals surface area contributed by atoms with Crippen LogP contribution >= 0.6 is 0 Å². The number of benzene rings is 1. The standard InChI is InChI=1S/C11H16O3/c1-4-10(12)9-7-8(13-2)5-6-11(9)14-3/h5-7,10,12H,4H2,1-3H3. The lowest BCUT2D eigenvalue weighted by Gasteiger charge is -2.14. The fourth-order valence-corrected chi connectivity index (χ4v) is 1.32. The Morgan fingerprint density at radius 2 is 2.00 bits per heavy atom. The van der Waals surface area contributed by atoms with Gasteiger partial charge in [0.15, 0.2) is 0 Å². The highest BCUT2D eigenvalue weighted by Gasteiger charge is 2.12. The molecule has 0 radical (unpaired) electrons. The number of ether oxygens (including phenoxy) is 2.